The molecule has 19 heavy (non-hydrogen) atoms. The molecular weight excluding hydrogens is 240 g/mol. The predicted molar refractivity (Wildman–Crippen MR) is 78.2 cm³/mol. The molecule has 1 unspecified atom stereocenters. The molecule has 3 N–H and O–H groups in total. The molecule has 0 aliphatic heterocycles. The van der Waals surface area contributed by atoms with Gasteiger partial charge in [0.05, 0.1) is 12.5 Å². The topological polar surface area (TPSA) is 64.4 Å². The second-order valence-electron chi connectivity index (χ2n) is 5.06. The van der Waals surface area contributed by atoms with Gasteiger partial charge in [-0.05, 0) is 24.5 Å². The molecule has 106 valence electrons. The second kappa shape index (κ2) is 7.79. The minimum absolute atomic E-state index is 0.0361. The lowest BCUT2D eigenvalue weighted by Crippen LogP contribution is -2.28. The molecule has 0 aliphatic carbocycles. The summed E-state index contributed by atoms with van der Waals surface area (Å²) in [7, 11) is 0. The Bertz CT molecular complexity index is 401. The van der Waals surface area contributed by atoms with E-state index in [4.69, 9.17) is 10.5 Å². The summed E-state index contributed by atoms with van der Waals surface area (Å²) in [6, 6.07) is 7.44. The molecule has 1 rings (SSSR count). The number of hydrogen-bond acceptors (Lipinski definition) is 3. The van der Waals surface area contributed by atoms with E-state index in [9.17, 15) is 4.79 Å². The molecule has 0 saturated carbocycles. The van der Waals surface area contributed by atoms with Crippen LogP contribution in [0.25, 0.3) is 0 Å². The van der Waals surface area contributed by atoms with Crippen LogP contribution in [0.5, 0.6) is 5.75 Å². The van der Waals surface area contributed by atoms with Crippen molar-refractivity contribution in [3.05, 3.63) is 24.3 Å². The zero-order chi connectivity index (χ0) is 14.3. The van der Waals surface area contributed by atoms with Gasteiger partial charge in [-0.15, -0.1) is 0 Å². The van der Waals surface area contributed by atoms with Gasteiger partial charge in [0.1, 0.15) is 5.75 Å². The molecule has 1 aromatic rings. The van der Waals surface area contributed by atoms with Crippen molar-refractivity contribution in [2.24, 2.45) is 17.6 Å². The fourth-order valence-corrected chi connectivity index (χ4v) is 1.63. The minimum atomic E-state index is -0.139. The van der Waals surface area contributed by atoms with Crippen molar-refractivity contribution in [2.45, 2.75) is 27.2 Å². The summed E-state index contributed by atoms with van der Waals surface area (Å²) in [5.41, 5.74) is 6.31. The summed E-state index contributed by atoms with van der Waals surface area (Å²) in [6.07, 6.45) is 0.742. The summed E-state index contributed by atoms with van der Waals surface area (Å²) in [5, 5.41) is 2.87. The lowest BCUT2D eigenvalue weighted by Gasteiger charge is -2.14. The molecule has 1 atom stereocenters. The van der Waals surface area contributed by atoms with Crippen molar-refractivity contribution in [2.75, 3.05) is 18.5 Å². The standard InChI is InChI=1S/C15H24N2O2/c1-4-12(9-16)15(18)17-13-6-5-7-14(8-13)19-10-11(2)3/h5-8,11-12H,4,9-10,16H2,1-3H3,(H,17,18). The first-order valence-electron chi connectivity index (χ1n) is 6.80. The van der Waals surface area contributed by atoms with Crippen LogP contribution >= 0.6 is 0 Å². The molecule has 4 heteroatoms. The lowest BCUT2D eigenvalue weighted by atomic mass is 10.1. The van der Waals surface area contributed by atoms with Crippen LogP contribution in [-0.2, 0) is 4.79 Å². The van der Waals surface area contributed by atoms with Crippen molar-refractivity contribution in [1.29, 1.82) is 0 Å². The molecular formula is C15H24N2O2. The first-order chi connectivity index (χ1) is 9.06. The van der Waals surface area contributed by atoms with Crippen LogP contribution in [0.1, 0.15) is 27.2 Å². The van der Waals surface area contributed by atoms with Crippen molar-refractivity contribution >= 4 is 11.6 Å². The Hall–Kier alpha value is -1.55. The maximum absolute atomic E-state index is 11.9. The third-order valence-corrected chi connectivity index (χ3v) is 2.83. The van der Waals surface area contributed by atoms with E-state index < -0.39 is 0 Å². The van der Waals surface area contributed by atoms with Gasteiger partial charge in [0, 0.05) is 18.3 Å². The summed E-state index contributed by atoms with van der Waals surface area (Å²) >= 11 is 0. The van der Waals surface area contributed by atoms with Crippen LogP contribution in [0, 0.1) is 11.8 Å². The first-order valence-corrected chi connectivity index (χ1v) is 6.80. The fraction of sp³-hybridized carbons (Fsp3) is 0.533. The number of hydrogen-bond donors (Lipinski definition) is 2. The molecule has 0 aliphatic rings. The number of nitrogens with one attached hydrogen (secondary N) is 1. The lowest BCUT2D eigenvalue weighted by molar-refractivity contribution is -0.119. The van der Waals surface area contributed by atoms with Crippen LogP contribution in [0.4, 0.5) is 5.69 Å². The second-order valence-corrected chi connectivity index (χ2v) is 5.06. The Morgan fingerprint density at radius 1 is 1.42 bits per heavy atom. The van der Waals surface area contributed by atoms with E-state index >= 15 is 0 Å². The molecule has 0 saturated heterocycles. The third kappa shape index (κ3) is 5.30. The minimum Gasteiger partial charge on any atom is -0.493 e. The smallest absolute Gasteiger partial charge is 0.228 e. The highest BCUT2D eigenvalue weighted by molar-refractivity contribution is 5.92. The molecule has 1 amide bonds. The van der Waals surface area contributed by atoms with Gasteiger partial charge in [-0.2, -0.15) is 0 Å². The summed E-state index contributed by atoms with van der Waals surface area (Å²) in [6.45, 7) is 7.18. The van der Waals surface area contributed by atoms with Crippen molar-refractivity contribution in [3.8, 4) is 5.75 Å². The molecule has 0 aromatic heterocycles. The summed E-state index contributed by atoms with van der Waals surface area (Å²) in [4.78, 5) is 11.9. The van der Waals surface area contributed by atoms with E-state index in [0.29, 0.717) is 19.1 Å². The van der Waals surface area contributed by atoms with Crippen LogP contribution in [0.3, 0.4) is 0 Å². The maximum Gasteiger partial charge on any atom is 0.228 e. The number of ether oxygens (including phenoxy) is 1. The fourth-order valence-electron chi connectivity index (χ4n) is 1.63. The average molecular weight is 264 g/mol. The van der Waals surface area contributed by atoms with E-state index in [0.717, 1.165) is 17.9 Å². The number of rotatable bonds is 7. The molecule has 0 spiro atoms. The van der Waals surface area contributed by atoms with Gasteiger partial charge in [-0.1, -0.05) is 26.8 Å². The quantitative estimate of drug-likeness (QED) is 0.795. The van der Waals surface area contributed by atoms with Gasteiger partial charge in [0.25, 0.3) is 0 Å². The van der Waals surface area contributed by atoms with Gasteiger partial charge in [-0.3, -0.25) is 4.79 Å². The van der Waals surface area contributed by atoms with E-state index in [1.54, 1.807) is 0 Å². The molecule has 0 bridgehead atoms. The normalized spacial score (nSPS) is 12.3. The van der Waals surface area contributed by atoms with Crippen LogP contribution in [0.15, 0.2) is 24.3 Å². The Morgan fingerprint density at radius 2 is 2.16 bits per heavy atom. The summed E-state index contributed by atoms with van der Waals surface area (Å²) in [5.74, 6) is 1.07. The van der Waals surface area contributed by atoms with Crippen molar-refractivity contribution in [3.63, 3.8) is 0 Å². The van der Waals surface area contributed by atoms with E-state index in [1.165, 1.54) is 0 Å². The van der Waals surface area contributed by atoms with Crippen molar-refractivity contribution in [1.82, 2.24) is 0 Å². The number of nitrogens with two attached hydrogens (primary N) is 1. The number of anilines is 1. The van der Waals surface area contributed by atoms with Gasteiger partial charge in [-0.25, -0.2) is 0 Å². The molecule has 0 heterocycles. The SMILES string of the molecule is CCC(CN)C(=O)Nc1cccc(OCC(C)C)c1. The number of carbonyl (C=O) groups excluding carboxylic acids is 1. The Balaban J connectivity index is 2.63. The van der Waals surface area contributed by atoms with Crippen LogP contribution in [0.2, 0.25) is 0 Å². The van der Waals surface area contributed by atoms with E-state index in [2.05, 4.69) is 19.2 Å². The first kappa shape index (κ1) is 15.5. The largest absolute Gasteiger partial charge is 0.493 e. The van der Waals surface area contributed by atoms with Crippen LogP contribution < -0.4 is 15.8 Å². The predicted octanol–water partition coefficient (Wildman–Crippen LogP) is 2.64. The highest BCUT2D eigenvalue weighted by atomic mass is 16.5. The third-order valence-electron chi connectivity index (χ3n) is 2.83. The van der Waals surface area contributed by atoms with E-state index in [1.807, 2.05) is 31.2 Å². The zero-order valence-electron chi connectivity index (χ0n) is 12.0. The molecule has 4 nitrogen and oxygen atoms in total. The monoisotopic (exact) mass is 264 g/mol. The maximum atomic E-state index is 11.9. The van der Waals surface area contributed by atoms with Gasteiger partial charge in [0.15, 0.2) is 0 Å². The molecule has 0 fully saturated rings. The number of benzene rings is 1. The zero-order valence-corrected chi connectivity index (χ0v) is 12.0. The Labute approximate surface area is 115 Å². The number of carbonyl (C=O) groups is 1. The highest BCUT2D eigenvalue weighted by Gasteiger charge is 2.14. The molecule has 1 aromatic carbocycles. The van der Waals surface area contributed by atoms with Crippen molar-refractivity contribution < 1.29 is 9.53 Å². The van der Waals surface area contributed by atoms with Gasteiger partial charge < -0.3 is 15.8 Å². The number of amides is 1. The molecule has 0 radical (unpaired) electrons. The van der Waals surface area contributed by atoms with Gasteiger partial charge in [0.2, 0.25) is 5.91 Å². The Kier molecular flexibility index (Phi) is 6.36. The average Bonchev–Trinajstić information content (AvgIpc) is 2.38. The highest BCUT2D eigenvalue weighted by Crippen LogP contribution is 2.19. The van der Waals surface area contributed by atoms with Gasteiger partial charge >= 0.3 is 0 Å². The summed E-state index contributed by atoms with van der Waals surface area (Å²) < 4.78 is 5.63. The van der Waals surface area contributed by atoms with E-state index in [-0.39, 0.29) is 11.8 Å². The van der Waals surface area contributed by atoms with Crippen LogP contribution in [-0.4, -0.2) is 19.1 Å². The Morgan fingerprint density at radius 3 is 2.74 bits per heavy atom.